The maximum absolute atomic E-state index is 6.00. The zero-order valence-corrected chi connectivity index (χ0v) is 15.0. The van der Waals surface area contributed by atoms with E-state index in [1.165, 1.54) is 11.9 Å². The Morgan fingerprint density at radius 3 is 2.92 bits per heavy atom. The van der Waals surface area contributed by atoms with Crippen molar-refractivity contribution in [3.63, 3.8) is 0 Å². The smallest absolute Gasteiger partial charge is 0.236 e. The Morgan fingerprint density at radius 2 is 2.17 bits per heavy atom. The van der Waals surface area contributed by atoms with Crippen molar-refractivity contribution in [3.05, 3.63) is 40.7 Å². The lowest BCUT2D eigenvalue weighted by Crippen LogP contribution is -2.02. The quantitative estimate of drug-likeness (QED) is 0.534. The van der Waals surface area contributed by atoms with E-state index in [4.69, 9.17) is 16.3 Å². The number of aromatic nitrogens is 3. The second-order valence-corrected chi connectivity index (χ2v) is 6.22. The van der Waals surface area contributed by atoms with E-state index in [9.17, 15) is 0 Å². The van der Waals surface area contributed by atoms with Crippen molar-refractivity contribution in [1.82, 2.24) is 15.0 Å². The standard InChI is InChI=1S/C17H15ClN4OS/c1-4-5-12-10(2)20-17(21-16(12)23-3)22-24-15-9-19-14-8-11(18)6-7-13(14)15/h6-9,19H,1-3H3,(H,20,21,22). The molecular weight excluding hydrogens is 344 g/mol. The summed E-state index contributed by atoms with van der Waals surface area (Å²) in [6, 6.07) is 5.73. The van der Waals surface area contributed by atoms with E-state index in [-0.39, 0.29) is 0 Å². The summed E-state index contributed by atoms with van der Waals surface area (Å²) in [5, 5.41) is 1.78. The number of ether oxygens (including phenoxy) is 1. The predicted octanol–water partition coefficient (Wildman–Crippen LogP) is 4.42. The minimum absolute atomic E-state index is 0.464. The van der Waals surface area contributed by atoms with Crippen LogP contribution in [0.3, 0.4) is 0 Å². The number of aryl methyl sites for hydroxylation is 1. The molecule has 0 radical (unpaired) electrons. The molecule has 0 spiro atoms. The molecule has 0 amide bonds. The van der Waals surface area contributed by atoms with E-state index in [0.29, 0.717) is 22.4 Å². The Balaban J connectivity index is 1.85. The molecule has 7 heteroatoms. The number of rotatable bonds is 4. The number of methoxy groups -OCH3 is 1. The summed E-state index contributed by atoms with van der Waals surface area (Å²) in [6.07, 6.45) is 1.92. The minimum atomic E-state index is 0.464. The zero-order chi connectivity index (χ0) is 17.1. The third kappa shape index (κ3) is 3.28. The molecule has 0 fully saturated rings. The van der Waals surface area contributed by atoms with Crippen LogP contribution in [0.1, 0.15) is 18.2 Å². The molecule has 0 saturated heterocycles. The number of aromatic amines is 1. The lowest BCUT2D eigenvalue weighted by atomic mass is 10.2. The van der Waals surface area contributed by atoms with E-state index >= 15 is 0 Å². The molecule has 3 rings (SSSR count). The molecule has 2 N–H and O–H groups in total. The van der Waals surface area contributed by atoms with E-state index in [0.717, 1.165) is 21.5 Å². The number of anilines is 1. The van der Waals surface area contributed by atoms with Crippen LogP contribution >= 0.6 is 23.5 Å². The highest BCUT2D eigenvalue weighted by molar-refractivity contribution is 8.00. The third-order valence-electron chi connectivity index (χ3n) is 3.36. The topological polar surface area (TPSA) is 62.8 Å². The minimum Gasteiger partial charge on any atom is -0.480 e. The molecule has 0 unspecified atom stereocenters. The van der Waals surface area contributed by atoms with Crippen LogP contribution in [-0.4, -0.2) is 22.1 Å². The Labute approximate surface area is 149 Å². The third-order valence-corrected chi connectivity index (χ3v) is 4.44. The summed E-state index contributed by atoms with van der Waals surface area (Å²) in [7, 11) is 1.57. The van der Waals surface area contributed by atoms with Crippen LogP contribution in [-0.2, 0) is 0 Å². The van der Waals surface area contributed by atoms with Gasteiger partial charge in [-0.05, 0) is 37.9 Å². The number of nitrogens with zero attached hydrogens (tertiary/aromatic N) is 2. The first-order valence-electron chi connectivity index (χ1n) is 7.17. The summed E-state index contributed by atoms with van der Waals surface area (Å²) >= 11 is 7.43. The Kier molecular flexibility index (Phi) is 4.84. The van der Waals surface area contributed by atoms with E-state index in [1.54, 1.807) is 14.0 Å². The number of benzene rings is 1. The first-order chi connectivity index (χ1) is 11.6. The summed E-state index contributed by atoms with van der Waals surface area (Å²) in [6.45, 7) is 3.65. The van der Waals surface area contributed by atoms with E-state index in [2.05, 4.69) is 31.5 Å². The maximum atomic E-state index is 6.00. The number of hydrogen-bond acceptors (Lipinski definition) is 5. The number of nitrogens with one attached hydrogen (secondary N) is 2. The van der Waals surface area contributed by atoms with Gasteiger partial charge in [-0.25, -0.2) is 4.98 Å². The molecule has 0 aliphatic carbocycles. The van der Waals surface area contributed by atoms with Crippen LogP contribution in [0.2, 0.25) is 5.02 Å². The lowest BCUT2D eigenvalue weighted by Gasteiger charge is -2.09. The average molecular weight is 359 g/mol. The first-order valence-corrected chi connectivity index (χ1v) is 8.36. The molecule has 2 heterocycles. The van der Waals surface area contributed by atoms with Gasteiger partial charge in [-0.15, -0.1) is 5.92 Å². The normalized spacial score (nSPS) is 10.3. The predicted molar refractivity (Wildman–Crippen MR) is 98.7 cm³/mol. The molecule has 5 nitrogen and oxygen atoms in total. The highest BCUT2D eigenvalue weighted by Gasteiger charge is 2.12. The van der Waals surface area contributed by atoms with E-state index in [1.807, 2.05) is 31.3 Å². The van der Waals surface area contributed by atoms with Crippen molar-refractivity contribution in [2.75, 3.05) is 11.8 Å². The molecule has 1 aromatic carbocycles. The Hall–Kier alpha value is -2.36. The van der Waals surface area contributed by atoms with Crippen molar-refractivity contribution < 1.29 is 4.74 Å². The molecule has 24 heavy (non-hydrogen) atoms. The Bertz CT molecular complexity index is 958. The number of hydrogen-bond donors (Lipinski definition) is 2. The second kappa shape index (κ2) is 7.04. The van der Waals surface area contributed by atoms with Gasteiger partial charge in [-0.2, -0.15) is 4.98 Å². The zero-order valence-electron chi connectivity index (χ0n) is 13.4. The molecule has 2 aromatic heterocycles. The first kappa shape index (κ1) is 16.5. The SMILES string of the molecule is CC#Cc1c(C)nc(NSc2c[nH]c3cc(Cl)ccc23)nc1OC. The van der Waals surface area contributed by atoms with Gasteiger partial charge >= 0.3 is 0 Å². The van der Waals surface area contributed by atoms with Gasteiger partial charge in [0.1, 0.15) is 5.56 Å². The van der Waals surface area contributed by atoms with Crippen molar-refractivity contribution in [3.8, 4) is 17.7 Å². The molecule has 122 valence electrons. The van der Waals surface area contributed by atoms with Crippen LogP contribution in [0.4, 0.5) is 5.95 Å². The number of fused-ring (bicyclic) bond motifs is 1. The van der Waals surface area contributed by atoms with Gasteiger partial charge < -0.3 is 9.72 Å². The second-order valence-electron chi connectivity index (χ2n) is 4.94. The fraction of sp³-hybridized carbons (Fsp3) is 0.176. The van der Waals surface area contributed by atoms with Crippen LogP contribution in [0.15, 0.2) is 29.3 Å². The van der Waals surface area contributed by atoms with Gasteiger partial charge in [0.2, 0.25) is 11.8 Å². The molecule has 0 aliphatic heterocycles. The van der Waals surface area contributed by atoms with Crippen molar-refractivity contribution >= 4 is 40.4 Å². The Morgan fingerprint density at radius 1 is 1.33 bits per heavy atom. The largest absolute Gasteiger partial charge is 0.480 e. The van der Waals surface area contributed by atoms with Gasteiger partial charge in [-0.3, -0.25) is 4.72 Å². The van der Waals surface area contributed by atoms with Crippen LogP contribution in [0.25, 0.3) is 10.9 Å². The van der Waals surface area contributed by atoms with Crippen molar-refractivity contribution in [1.29, 1.82) is 0 Å². The summed E-state index contributed by atoms with van der Waals surface area (Å²) in [5.41, 5.74) is 2.46. The summed E-state index contributed by atoms with van der Waals surface area (Å²) in [4.78, 5) is 13.0. The summed E-state index contributed by atoms with van der Waals surface area (Å²) < 4.78 is 8.47. The fourth-order valence-corrected chi connectivity index (χ4v) is 3.14. The number of H-pyrrole nitrogens is 1. The molecular formula is C17H15ClN4OS. The highest BCUT2D eigenvalue weighted by atomic mass is 35.5. The van der Waals surface area contributed by atoms with Crippen LogP contribution in [0, 0.1) is 18.8 Å². The number of halogens is 1. The van der Waals surface area contributed by atoms with Crippen molar-refractivity contribution in [2.45, 2.75) is 18.7 Å². The van der Waals surface area contributed by atoms with Gasteiger partial charge in [0.25, 0.3) is 0 Å². The molecule has 0 bridgehead atoms. The molecule has 3 aromatic rings. The maximum Gasteiger partial charge on any atom is 0.236 e. The summed E-state index contributed by atoms with van der Waals surface area (Å²) in [5.74, 6) is 6.75. The van der Waals surface area contributed by atoms with Crippen LogP contribution < -0.4 is 9.46 Å². The monoisotopic (exact) mass is 358 g/mol. The average Bonchev–Trinajstić information content (AvgIpc) is 2.97. The fourth-order valence-electron chi connectivity index (χ4n) is 2.27. The molecule has 0 atom stereocenters. The van der Waals surface area contributed by atoms with Gasteiger partial charge in [0.15, 0.2) is 0 Å². The molecule has 0 aliphatic rings. The van der Waals surface area contributed by atoms with Gasteiger partial charge in [0, 0.05) is 22.1 Å². The molecule has 0 saturated carbocycles. The van der Waals surface area contributed by atoms with Gasteiger partial charge in [-0.1, -0.05) is 23.6 Å². The van der Waals surface area contributed by atoms with Crippen molar-refractivity contribution in [2.24, 2.45) is 0 Å². The lowest BCUT2D eigenvalue weighted by molar-refractivity contribution is 0.396. The van der Waals surface area contributed by atoms with Crippen LogP contribution in [0.5, 0.6) is 5.88 Å². The van der Waals surface area contributed by atoms with Gasteiger partial charge in [0.05, 0.1) is 17.7 Å². The highest BCUT2D eigenvalue weighted by Crippen LogP contribution is 2.30. The van der Waals surface area contributed by atoms with E-state index < -0.39 is 0 Å².